The molecule has 2 aliphatic rings. The van der Waals surface area contributed by atoms with Crippen molar-refractivity contribution >= 4 is 34.1 Å². The number of hydrogen-bond donors (Lipinski definition) is 0. The number of hydrogen-bond acceptors (Lipinski definition) is 5. The second kappa shape index (κ2) is 23.7. The van der Waals surface area contributed by atoms with Crippen LogP contribution in [-0.2, 0) is 10.8 Å². The van der Waals surface area contributed by atoms with E-state index in [1.165, 1.54) is 55.6 Å². The van der Waals surface area contributed by atoms with Gasteiger partial charge < -0.3 is 24.0 Å². The van der Waals surface area contributed by atoms with Crippen LogP contribution < -0.4 is 24.0 Å². The summed E-state index contributed by atoms with van der Waals surface area (Å²) in [5.41, 5.74) is 21.6. The molecule has 12 aromatic carbocycles. The summed E-state index contributed by atoms with van der Waals surface area (Å²) in [6, 6.07) is 108. The van der Waals surface area contributed by atoms with Gasteiger partial charge in [0.2, 0.25) is 0 Å². The maximum atomic E-state index is 6.04. The van der Waals surface area contributed by atoms with Crippen LogP contribution in [0.2, 0.25) is 0 Å². The number of rotatable bonds is 20. The van der Waals surface area contributed by atoms with Gasteiger partial charge in [-0.2, -0.15) is 0 Å². The molecule has 424 valence electrons. The van der Waals surface area contributed by atoms with E-state index in [0.29, 0.717) is 19.8 Å². The number of para-hydroxylation sites is 2. The third-order valence-electron chi connectivity index (χ3n) is 17.4. The Balaban J connectivity index is 0.838. The van der Waals surface area contributed by atoms with E-state index >= 15 is 0 Å². The number of ether oxygens (including phenoxy) is 3. The van der Waals surface area contributed by atoms with E-state index in [0.717, 1.165) is 73.6 Å². The average molecular weight is 1140 g/mol. The third-order valence-corrected chi connectivity index (χ3v) is 17.4. The van der Waals surface area contributed by atoms with Crippen molar-refractivity contribution in [1.29, 1.82) is 0 Å². The summed E-state index contributed by atoms with van der Waals surface area (Å²) in [6.07, 6.45) is 5.32. The van der Waals surface area contributed by atoms with Gasteiger partial charge in [0, 0.05) is 34.1 Å². The van der Waals surface area contributed by atoms with Crippen molar-refractivity contribution in [2.75, 3.05) is 29.6 Å². The standard InChI is InChI=1S/C83H64N2O3/c1-4-54-86-71-46-34-62(35-47-71)82(61-20-10-7-11-21-61)78-28-18-16-26-74(78)76-52-44-69(57-80(76)82)84(65-22-12-8-13-23-65)67-40-30-59(31-41-67)60-32-42-68(43-33-60)85(66-24-14-9-15-25-66)70-45-53-77-75-27-17-19-29-79(75)83(81(77)58-70,63-36-48-72(49-37-63)87-55-5-2)64-38-50-73(51-39-64)88-56-6-3/h4-53,57-58H,1-3,54-56H2. The fourth-order valence-electron chi connectivity index (χ4n) is 13.6. The molecule has 0 fully saturated rings. The van der Waals surface area contributed by atoms with E-state index in [1.807, 2.05) is 0 Å². The van der Waals surface area contributed by atoms with Crippen molar-refractivity contribution < 1.29 is 14.2 Å². The average Bonchev–Trinajstić information content (AvgIpc) is 1.54. The molecular weight excluding hydrogens is 1070 g/mol. The summed E-state index contributed by atoms with van der Waals surface area (Å²) in [5.74, 6) is 2.39. The minimum absolute atomic E-state index is 0.428. The van der Waals surface area contributed by atoms with Crippen LogP contribution in [0.3, 0.4) is 0 Å². The van der Waals surface area contributed by atoms with Crippen molar-refractivity contribution in [2.24, 2.45) is 0 Å². The van der Waals surface area contributed by atoms with Crippen LogP contribution in [0.25, 0.3) is 33.4 Å². The van der Waals surface area contributed by atoms with Gasteiger partial charge in [-0.05, 0) is 187 Å². The van der Waals surface area contributed by atoms with Gasteiger partial charge in [-0.25, -0.2) is 0 Å². The van der Waals surface area contributed by atoms with Gasteiger partial charge in [0.05, 0.1) is 10.8 Å². The second-order valence-corrected chi connectivity index (χ2v) is 22.2. The molecule has 1 atom stereocenters. The highest BCUT2D eigenvalue weighted by Crippen LogP contribution is 2.59. The molecule has 0 bridgehead atoms. The van der Waals surface area contributed by atoms with Gasteiger partial charge in [0.15, 0.2) is 0 Å². The molecule has 0 saturated heterocycles. The topological polar surface area (TPSA) is 34.2 Å². The lowest BCUT2D eigenvalue weighted by atomic mass is 9.67. The first-order chi connectivity index (χ1) is 43.5. The molecule has 0 N–H and O–H groups in total. The van der Waals surface area contributed by atoms with Crippen LogP contribution in [0, 0.1) is 0 Å². The van der Waals surface area contributed by atoms with E-state index in [-0.39, 0.29) is 0 Å². The molecule has 12 aromatic rings. The normalized spacial score (nSPS) is 13.9. The number of benzene rings is 12. The summed E-state index contributed by atoms with van der Waals surface area (Å²) in [6.45, 7) is 12.9. The SMILES string of the molecule is C=CCOc1ccc(C2(c3ccccc3)c3ccccc3-c3ccc(N(c4ccccc4)c4ccc(-c5ccc(N(c6ccccc6)c6ccc7c(c6)C(c6ccc(OCC=C)cc6)(c6ccc(OCC=C)cc6)c6ccccc6-7)cc5)cc4)cc32)cc1. The van der Waals surface area contributed by atoms with Crippen LogP contribution in [0.4, 0.5) is 34.1 Å². The van der Waals surface area contributed by atoms with Crippen molar-refractivity contribution in [3.8, 4) is 50.6 Å². The highest BCUT2D eigenvalue weighted by Gasteiger charge is 2.48. The molecule has 0 radical (unpaired) electrons. The van der Waals surface area contributed by atoms with Crippen molar-refractivity contribution in [3.63, 3.8) is 0 Å². The molecule has 0 aromatic heterocycles. The minimum Gasteiger partial charge on any atom is -0.490 e. The highest BCUT2D eigenvalue weighted by atomic mass is 16.5. The van der Waals surface area contributed by atoms with Crippen molar-refractivity contribution in [2.45, 2.75) is 10.8 Å². The lowest BCUT2D eigenvalue weighted by molar-refractivity contribution is 0.363. The van der Waals surface area contributed by atoms with E-state index in [9.17, 15) is 0 Å². The Morgan fingerprint density at radius 3 is 0.898 bits per heavy atom. The summed E-state index contributed by atoms with van der Waals surface area (Å²) in [4.78, 5) is 4.74. The predicted molar refractivity (Wildman–Crippen MR) is 363 cm³/mol. The summed E-state index contributed by atoms with van der Waals surface area (Å²) in [7, 11) is 0. The molecule has 0 saturated carbocycles. The Hall–Kier alpha value is -11.1. The Kier molecular flexibility index (Phi) is 14.8. The van der Waals surface area contributed by atoms with E-state index in [1.54, 1.807) is 18.2 Å². The van der Waals surface area contributed by atoms with Crippen LogP contribution in [0.15, 0.2) is 335 Å². The monoisotopic (exact) mass is 1140 g/mol. The molecule has 14 rings (SSSR count). The maximum Gasteiger partial charge on any atom is 0.119 e. The van der Waals surface area contributed by atoms with Gasteiger partial charge in [0.25, 0.3) is 0 Å². The molecule has 0 spiro atoms. The van der Waals surface area contributed by atoms with Crippen molar-refractivity contribution in [1.82, 2.24) is 0 Å². The molecular formula is C83H64N2O3. The Labute approximate surface area is 516 Å². The molecule has 0 amide bonds. The van der Waals surface area contributed by atoms with Gasteiger partial charge in [0.1, 0.15) is 37.1 Å². The quantitative estimate of drug-likeness (QED) is 0.0711. The lowest BCUT2D eigenvalue weighted by Gasteiger charge is -2.35. The molecule has 88 heavy (non-hydrogen) atoms. The van der Waals surface area contributed by atoms with Crippen LogP contribution in [0.1, 0.15) is 44.5 Å². The van der Waals surface area contributed by atoms with Crippen LogP contribution in [0.5, 0.6) is 17.2 Å². The fourth-order valence-corrected chi connectivity index (χ4v) is 13.6. The fraction of sp³-hybridized carbons (Fsp3) is 0.0602. The zero-order valence-corrected chi connectivity index (χ0v) is 48.9. The Bertz CT molecular complexity index is 4410. The smallest absolute Gasteiger partial charge is 0.119 e. The first-order valence-corrected chi connectivity index (χ1v) is 30.0. The Morgan fingerprint density at radius 2 is 0.545 bits per heavy atom. The van der Waals surface area contributed by atoms with Crippen LogP contribution in [-0.4, -0.2) is 19.8 Å². The molecule has 2 aliphatic carbocycles. The van der Waals surface area contributed by atoms with Gasteiger partial charge >= 0.3 is 0 Å². The van der Waals surface area contributed by atoms with E-state index in [2.05, 4.69) is 327 Å². The minimum atomic E-state index is -0.683. The summed E-state index contributed by atoms with van der Waals surface area (Å²) in [5, 5.41) is 0. The highest BCUT2D eigenvalue weighted by molar-refractivity contribution is 5.92. The first-order valence-electron chi connectivity index (χ1n) is 30.0. The molecule has 0 aliphatic heterocycles. The Morgan fingerprint density at radius 1 is 0.261 bits per heavy atom. The van der Waals surface area contributed by atoms with Crippen molar-refractivity contribution in [3.05, 3.63) is 380 Å². The predicted octanol–water partition coefficient (Wildman–Crippen LogP) is 20.7. The van der Waals surface area contributed by atoms with Gasteiger partial charge in [-0.1, -0.05) is 226 Å². The molecule has 1 unspecified atom stereocenters. The molecule has 5 heteroatoms. The number of anilines is 6. The summed E-state index contributed by atoms with van der Waals surface area (Å²) >= 11 is 0. The molecule has 5 nitrogen and oxygen atoms in total. The zero-order chi connectivity index (χ0) is 59.4. The van der Waals surface area contributed by atoms with Gasteiger partial charge in [-0.3, -0.25) is 0 Å². The van der Waals surface area contributed by atoms with Gasteiger partial charge in [-0.15, -0.1) is 0 Å². The van der Waals surface area contributed by atoms with Crippen LogP contribution >= 0.6 is 0 Å². The van der Waals surface area contributed by atoms with E-state index in [4.69, 9.17) is 14.2 Å². The second-order valence-electron chi connectivity index (χ2n) is 22.2. The zero-order valence-electron chi connectivity index (χ0n) is 48.9. The maximum absolute atomic E-state index is 6.04. The summed E-state index contributed by atoms with van der Waals surface area (Å²) < 4.78 is 18.1. The van der Waals surface area contributed by atoms with E-state index < -0.39 is 10.8 Å². The number of nitrogens with zero attached hydrogens (tertiary/aromatic N) is 2. The number of fused-ring (bicyclic) bond motifs is 6. The molecule has 0 heterocycles. The largest absolute Gasteiger partial charge is 0.490 e. The lowest BCUT2D eigenvalue weighted by Crippen LogP contribution is -2.28. The first kappa shape index (κ1) is 54.8. The third kappa shape index (κ3) is 9.54.